The van der Waals surface area contributed by atoms with Gasteiger partial charge in [-0.2, -0.15) is 0 Å². The highest BCUT2D eigenvalue weighted by atomic mass is 32.1. The van der Waals surface area contributed by atoms with Crippen LogP contribution in [0.15, 0.2) is 29.6 Å². The molecule has 132 valence electrons. The zero-order valence-corrected chi connectivity index (χ0v) is 15.4. The zero-order chi connectivity index (χ0) is 18.0. The molecule has 0 radical (unpaired) electrons. The van der Waals surface area contributed by atoms with Crippen LogP contribution in [0, 0.1) is 11.8 Å². The Hall–Kier alpha value is -2.21. The molecule has 1 saturated carbocycles. The molecule has 1 heterocycles. The molecule has 1 N–H and O–H groups in total. The number of rotatable bonds is 6. The van der Waals surface area contributed by atoms with Crippen molar-refractivity contribution in [3.05, 3.63) is 35.2 Å². The van der Waals surface area contributed by atoms with Crippen molar-refractivity contribution in [1.82, 2.24) is 4.98 Å². The van der Waals surface area contributed by atoms with E-state index in [0.29, 0.717) is 11.0 Å². The number of ether oxygens (including phenoxy) is 1. The number of nitrogens with one attached hydrogen (secondary N) is 1. The van der Waals surface area contributed by atoms with Crippen LogP contribution in [0.1, 0.15) is 32.8 Å². The molecule has 1 amide bonds. The van der Waals surface area contributed by atoms with E-state index >= 15 is 0 Å². The Labute approximate surface area is 151 Å². The Morgan fingerprint density at radius 3 is 2.64 bits per heavy atom. The molecule has 6 heteroatoms. The Bertz CT molecular complexity index is 769. The molecule has 3 atom stereocenters. The second kappa shape index (κ2) is 7.35. The van der Waals surface area contributed by atoms with Crippen molar-refractivity contribution in [1.29, 1.82) is 0 Å². The summed E-state index contributed by atoms with van der Waals surface area (Å²) in [5.41, 5.74) is 3.10. The van der Waals surface area contributed by atoms with Gasteiger partial charge in [-0.15, -0.1) is 11.3 Å². The third kappa shape index (κ3) is 4.25. The van der Waals surface area contributed by atoms with Crippen LogP contribution in [-0.2, 0) is 20.7 Å². The fourth-order valence-corrected chi connectivity index (χ4v) is 3.27. The van der Waals surface area contributed by atoms with E-state index in [4.69, 9.17) is 4.74 Å². The third-order valence-electron chi connectivity index (χ3n) is 4.47. The number of hydrogen-bond acceptors (Lipinski definition) is 5. The number of anilines is 1. The van der Waals surface area contributed by atoms with E-state index in [1.54, 1.807) is 6.92 Å². The van der Waals surface area contributed by atoms with Gasteiger partial charge >= 0.3 is 5.97 Å². The molecule has 3 rings (SSSR count). The largest absolute Gasteiger partial charge is 0.452 e. The van der Waals surface area contributed by atoms with Crippen LogP contribution in [-0.4, -0.2) is 23.0 Å². The monoisotopic (exact) mass is 358 g/mol. The minimum atomic E-state index is -0.823. The van der Waals surface area contributed by atoms with Crippen molar-refractivity contribution in [2.45, 2.75) is 39.7 Å². The Morgan fingerprint density at radius 1 is 1.36 bits per heavy atom. The summed E-state index contributed by atoms with van der Waals surface area (Å²) in [5, 5.41) is 5.13. The number of carbonyl (C=O) groups excluding carboxylic acids is 2. The van der Waals surface area contributed by atoms with Gasteiger partial charge in [0, 0.05) is 10.9 Å². The molecule has 1 fully saturated rings. The Morgan fingerprint density at radius 2 is 2.04 bits per heavy atom. The fourth-order valence-electron chi connectivity index (χ4n) is 2.55. The van der Waals surface area contributed by atoms with Gasteiger partial charge in [-0.1, -0.05) is 38.1 Å². The van der Waals surface area contributed by atoms with Crippen LogP contribution in [0.4, 0.5) is 5.13 Å². The van der Waals surface area contributed by atoms with Crippen LogP contribution < -0.4 is 5.32 Å². The van der Waals surface area contributed by atoms with Gasteiger partial charge in [-0.05, 0) is 31.2 Å². The van der Waals surface area contributed by atoms with E-state index in [-0.39, 0.29) is 17.8 Å². The topological polar surface area (TPSA) is 68.3 Å². The number of aryl methyl sites for hydroxylation is 1. The zero-order valence-electron chi connectivity index (χ0n) is 14.6. The third-order valence-corrected chi connectivity index (χ3v) is 5.22. The quantitative estimate of drug-likeness (QED) is 0.795. The minimum absolute atomic E-state index is 0.0483. The van der Waals surface area contributed by atoms with Crippen molar-refractivity contribution in [3.63, 3.8) is 0 Å². The molecule has 25 heavy (non-hydrogen) atoms. The van der Waals surface area contributed by atoms with Gasteiger partial charge < -0.3 is 4.74 Å². The van der Waals surface area contributed by atoms with E-state index in [2.05, 4.69) is 29.4 Å². The molecule has 1 aromatic heterocycles. The van der Waals surface area contributed by atoms with Crippen LogP contribution in [0.5, 0.6) is 0 Å². The molecule has 0 saturated heterocycles. The molecule has 5 nitrogen and oxygen atoms in total. The second-order valence-corrected chi connectivity index (χ2v) is 7.33. The van der Waals surface area contributed by atoms with E-state index in [9.17, 15) is 9.59 Å². The van der Waals surface area contributed by atoms with Gasteiger partial charge in [0.1, 0.15) is 0 Å². The first-order valence-corrected chi connectivity index (χ1v) is 9.42. The van der Waals surface area contributed by atoms with Crippen molar-refractivity contribution in [3.8, 4) is 11.3 Å². The van der Waals surface area contributed by atoms with Crippen molar-refractivity contribution in [2.75, 3.05) is 5.32 Å². The normalized spacial score (nSPS) is 20.0. The van der Waals surface area contributed by atoms with Crippen LogP contribution >= 0.6 is 11.3 Å². The second-order valence-electron chi connectivity index (χ2n) is 6.48. The van der Waals surface area contributed by atoms with E-state index in [1.807, 2.05) is 24.4 Å². The summed E-state index contributed by atoms with van der Waals surface area (Å²) >= 11 is 1.35. The summed E-state index contributed by atoms with van der Waals surface area (Å²) < 4.78 is 5.22. The van der Waals surface area contributed by atoms with Gasteiger partial charge in [-0.25, -0.2) is 4.98 Å². The molecule has 0 unspecified atom stereocenters. The first-order chi connectivity index (χ1) is 12.0. The van der Waals surface area contributed by atoms with Crippen LogP contribution in [0.25, 0.3) is 11.3 Å². The van der Waals surface area contributed by atoms with Gasteiger partial charge in [0.15, 0.2) is 11.2 Å². The lowest BCUT2D eigenvalue weighted by Crippen LogP contribution is -2.30. The van der Waals surface area contributed by atoms with Crippen molar-refractivity contribution < 1.29 is 14.3 Å². The molecular weight excluding hydrogens is 336 g/mol. The summed E-state index contributed by atoms with van der Waals surface area (Å²) in [6.45, 7) is 5.70. The first-order valence-electron chi connectivity index (χ1n) is 8.54. The molecule has 0 spiro atoms. The van der Waals surface area contributed by atoms with E-state index < -0.39 is 6.10 Å². The fraction of sp³-hybridized carbons (Fsp3) is 0.421. The van der Waals surface area contributed by atoms with Crippen molar-refractivity contribution in [2.24, 2.45) is 11.8 Å². The van der Waals surface area contributed by atoms with E-state index in [1.165, 1.54) is 16.9 Å². The number of aromatic nitrogens is 1. The highest BCUT2D eigenvalue weighted by Crippen LogP contribution is 2.38. The van der Waals surface area contributed by atoms with Crippen LogP contribution in [0.3, 0.4) is 0 Å². The maximum absolute atomic E-state index is 12.2. The standard InChI is InChI=1S/C19H22N2O3S/c1-4-13-5-7-14(8-6-13)16-10-25-19(20-16)21-17(22)12(3)24-18(23)15-9-11(15)2/h5-8,10-12,15H,4,9H2,1-3H3,(H,20,21,22)/t11-,12+,15-/m0/s1. The average molecular weight is 358 g/mol. The first kappa shape index (κ1) is 17.6. The maximum Gasteiger partial charge on any atom is 0.309 e. The maximum atomic E-state index is 12.2. The molecule has 0 aliphatic heterocycles. The predicted octanol–water partition coefficient (Wildman–Crippen LogP) is 3.90. The Kier molecular flexibility index (Phi) is 5.18. The summed E-state index contributed by atoms with van der Waals surface area (Å²) in [6.07, 6.45) is 1.02. The number of amides is 1. The summed E-state index contributed by atoms with van der Waals surface area (Å²) in [4.78, 5) is 28.4. The lowest BCUT2D eigenvalue weighted by molar-refractivity contribution is -0.154. The number of carbonyl (C=O) groups is 2. The summed E-state index contributed by atoms with van der Waals surface area (Å²) in [5.74, 6) is -0.328. The van der Waals surface area contributed by atoms with Gasteiger partial charge in [0.2, 0.25) is 0 Å². The molecule has 1 aromatic carbocycles. The SMILES string of the molecule is CCc1ccc(-c2csc(NC(=O)[C@@H](C)OC(=O)[C@H]3C[C@@H]3C)n2)cc1. The lowest BCUT2D eigenvalue weighted by Gasteiger charge is -2.12. The minimum Gasteiger partial charge on any atom is -0.452 e. The summed E-state index contributed by atoms with van der Waals surface area (Å²) in [7, 11) is 0. The average Bonchev–Trinajstić information content (AvgIpc) is 3.16. The van der Waals surface area contributed by atoms with Gasteiger partial charge in [-0.3, -0.25) is 14.9 Å². The molecule has 2 aromatic rings. The summed E-state index contributed by atoms with van der Waals surface area (Å²) in [6, 6.07) is 8.21. The highest BCUT2D eigenvalue weighted by Gasteiger charge is 2.41. The van der Waals surface area contributed by atoms with Crippen LogP contribution in [0.2, 0.25) is 0 Å². The smallest absolute Gasteiger partial charge is 0.309 e. The predicted molar refractivity (Wildman–Crippen MR) is 98.4 cm³/mol. The molecule has 1 aliphatic carbocycles. The van der Waals surface area contributed by atoms with Gasteiger partial charge in [0.05, 0.1) is 11.6 Å². The van der Waals surface area contributed by atoms with E-state index in [0.717, 1.165) is 24.1 Å². The number of benzene rings is 1. The number of thiazole rings is 1. The Balaban J connectivity index is 1.58. The highest BCUT2D eigenvalue weighted by molar-refractivity contribution is 7.14. The van der Waals surface area contributed by atoms with Crippen molar-refractivity contribution >= 4 is 28.3 Å². The number of nitrogens with zero attached hydrogens (tertiary/aromatic N) is 1. The lowest BCUT2D eigenvalue weighted by atomic mass is 10.1. The molecule has 1 aliphatic rings. The number of esters is 1. The van der Waals surface area contributed by atoms with Gasteiger partial charge in [0.25, 0.3) is 5.91 Å². The number of hydrogen-bond donors (Lipinski definition) is 1. The molecule has 0 bridgehead atoms. The molecular formula is C19H22N2O3S.